The molecule has 0 aliphatic carbocycles. The van der Waals surface area contributed by atoms with Gasteiger partial charge in [-0.15, -0.1) is 5.10 Å². The van der Waals surface area contributed by atoms with Gasteiger partial charge in [0.25, 0.3) is 0 Å². The van der Waals surface area contributed by atoms with Crippen LogP contribution in [0.4, 0.5) is 17.5 Å². The van der Waals surface area contributed by atoms with E-state index in [-0.39, 0.29) is 0 Å². The van der Waals surface area contributed by atoms with E-state index >= 15 is 0 Å². The number of aromatic nitrogens is 4. The summed E-state index contributed by atoms with van der Waals surface area (Å²) in [5, 5.41) is 7.80. The molecule has 1 saturated heterocycles. The second-order valence-corrected chi connectivity index (χ2v) is 7.57. The number of piperidine rings is 1. The van der Waals surface area contributed by atoms with E-state index in [1.54, 1.807) is 11.0 Å². The van der Waals surface area contributed by atoms with Crippen LogP contribution >= 0.6 is 0 Å². The monoisotopic (exact) mass is 396 g/mol. The van der Waals surface area contributed by atoms with E-state index in [4.69, 9.17) is 0 Å². The maximum absolute atomic E-state index is 4.64. The van der Waals surface area contributed by atoms with Crippen molar-refractivity contribution in [3.63, 3.8) is 0 Å². The number of benzene rings is 2. The Labute approximate surface area is 176 Å². The van der Waals surface area contributed by atoms with Crippen molar-refractivity contribution < 1.29 is 0 Å². The number of rotatable bonds is 5. The Kier molecular flexibility index (Phi) is 5.12. The molecule has 0 bridgehead atoms. The van der Waals surface area contributed by atoms with E-state index in [1.165, 1.54) is 18.4 Å². The molecule has 150 valence electrons. The molecule has 30 heavy (non-hydrogen) atoms. The molecule has 1 N–H and O–H groups in total. The molecule has 0 radical (unpaired) electrons. The number of hydrogen-bond acceptors (Lipinski definition) is 5. The fourth-order valence-corrected chi connectivity index (χ4v) is 4.00. The van der Waals surface area contributed by atoms with Gasteiger partial charge in [0.15, 0.2) is 0 Å². The molecule has 1 fully saturated rings. The lowest BCUT2D eigenvalue weighted by molar-refractivity contribution is 0.507. The summed E-state index contributed by atoms with van der Waals surface area (Å²) in [4.78, 5) is 11.4. The minimum atomic E-state index is 0.540. The van der Waals surface area contributed by atoms with Gasteiger partial charge in [0.1, 0.15) is 12.1 Å². The minimum Gasteiger partial charge on any atom is -0.356 e. The van der Waals surface area contributed by atoms with Crippen LogP contribution in [-0.2, 0) is 0 Å². The first-order valence-electron chi connectivity index (χ1n) is 10.4. The van der Waals surface area contributed by atoms with Gasteiger partial charge in [-0.3, -0.25) is 0 Å². The third-order valence-corrected chi connectivity index (χ3v) is 5.53. The highest BCUT2D eigenvalue weighted by molar-refractivity contribution is 5.53. The van der Waals surface area contributed by atoms with Crippen LogP contribution in [0.3, 0.4) is 0 Å². The van der Waals surface area contributed by atoms with Crippen LogP contribution in [0.2, 0.25) is 0 Å². The van der Waals surface area contributed by atoms with E-state index in [9.17, 15) is 0 Å². The molecule has 5 rings (SSSR count). The summed E-state index contributed by atoms with van der Waals surface area (Å²) >= 11 is 0. The zero-order chi connectivity index (χ0) is 20.2. The molecule has 3 heterocycles. The van der Waals surface area contributed by atoms with E-state index < -0.39 is 0 Å². The molecular formula is C24H24N6. The molecule has 6 nitrogen and oxygen atoms in total. The molecule has 1 aliphatic heterocycles. The van der Waals surface area contributed by atoms with E-state index in [0.29, 0.717) is 11.9 Å². The second-order valence-electron chi connectivity index (χ2n) is 7.57. The SMILES string of the molecule is c1ccc(Nc2ncn(-c3ccnc(N4CCCC(c5ccccc5)C4)c3)n2)cc1. The number of hydrogen-bond donors (Lipinski definition) is 1. The summed E-state index contributed by atoms with van der Waals surface area (Å²) in [5.41, 5.74) is 3.33. The van der Waals surface area contributed by atoms with Gasteiger partial charge in [0.05, 0.1) is 5.69 Å². The predicted octanol–water partition coefficient (Wildman–Crippen LogP) is 4.79. The van der Waals surface area contributed by atoms with Gasteiger partial charge in [0.2, 0.25) is 5.95 Å². The molecule has 1 atom stereocenters. The highest BCUT2D eigenvalue weighted by Crippen LogP contribution is 2.29. The number of nitrogens with zero attached hydrogens (tertiary/aromatic N) is 5. The standard InChI is InChI=1S/C24H24N6/c1-3-8-19(9-4-1)20-10-7-15-29(17-20)23-16-22(13-14-25-23)30-18-26-24(28-30)27-21-11-5-2-6-12-21/h1-6,8-9,11-14,16,18,20H,7,10,15,17H2,(H,27,28). The molecule has 1 unspecified atom stereocenters. The predicted molar refractivity (Wildman–Crippen MR) is 120 cm³/mol. The van der Waals surface area contributed by atoms with Crippen LogP contribution in [0.5, 0.6) is 0 Å². The zero-order valence-corrected chi connectivity index (χ0v) is 16.7. The Morgan fingerprint density at radius 1 is 0.900 bits per heavy atom. The summed E-state index contributed by atoms with van der Waals surface area (Å²) in [5.74, 6) is 2.10. The highest BCUT2D eigenvalue weighted by Gasteiger charge is 2.22. The van der Waals surface area contributed by atoms with Gasteiger partial charge in [-0.1, -0.05) is 48.5 Å². The van der Waals surface area contributed by atoms with Crippen molar-refractivity contribution in [2.24, 2.45) is 0 Å². The number of anilines is 3. The van der Waals surface area contributed by atoms with Gasteiger partial charge in [-0.05, 0) is 36.6 Å². The second kappa shape index (κ2) is 8.37. The van der Waals surface area contributed by atoms with Crippen LogP contribution in [0.15, 0.2) is 85.3 Å². The van der Waals surface area contributed by atoms with E-state index in [1.807, 2.05) is 42.6 Å². The lowest BCUT2D eigenvalue weighted by Crippen LogP contribution is -2.35. The summed E-state index contributed by atoms with van der Waals surface area (Å²) in [7, 11) is 0. The van der Waals surface area contributed by atoms with Crippen molar-refractivity contribution >= 4 is 17.5 Å². The Morgan fingerprint density at radius 3 is 2.53 bits per heavy atom. The number of para-hydroxylation sites is 1. The Balaban J connectivity index is 1.33. The van der Waals surface area contributed by atoms with Crippen molar-refractivity contribution in [3.8, 4) is 5.69 Å². The van der Waals surface area contributed by atoms with Crippen molar-refractivity contribution in [1.82, 2.24) is 19.7 Å². The van der Waals surface area contributed by atoms with Crippen LogP contribution < -0.4 is 10.2 Å². The topological polar surface area (TPSA) is 58.9 Å². The molecule has 6 heteroatoms. The maximum atomic E-state index is 4.64. The molecule has 0 saturated carbocycles. The van der Waals surface area contributed by atoms with E-state index in [0.717, 1.165) is 30.3 Å². The quantitative estimate of drug-likeness (QED) is 0.526. The molecule has 1 aliphatic rings. The molecule has 0 amide bonds. The molecular weight excluding hydrogens is 372 g/mol. The van der Waals surface area contributed by atoms with Crippen LogP contribution in [0.25, 0.3) is 5.69 Å². The third-order valence-electron chi connectivity index (χ3n) is 5.53. The minimum absolute atomic E-state index is 0.540. The summed E-state index contributed by atoms with van der Waals surface area (Å²) in [6.07, 6.45) is 5.97. The van der Waals surface area contributed by atoms with Gasteiger partial charge in [-0.2, -0.15) is 4.98 Å². The summed E-state index contributed by atoms with van der Waals surface area (Å²) in [6, 6.07) is 24.8. The van der Waals surface area contributed by atoms with Crippen molar-refractivity contribution in [2.75, 3.05) is 23.3 Å². The van der Waals surface area contributed by atoms with Crippen LogP contribution in [0, 0.1) is 0 Å². The van der Waals surface area contributed by atoms with E-state index in [2.05, 4.69) is 61.7 Å². The smallest absolute Gasteiger partial charge is 0.246 e. The lowest BCUT2D eigenvalue weighted by atomic mass is 9.91. The first kappa shape index (κ1) is 18.4. The largest absolute Gasteiger partial charge is 0.356 e. The molecule has 2 aromatic heterocycles. The average Bonchev–Trinajstić information content (AvgIpc) is 3.29. The summed E-state index contributed by atoms with van der Waals surface area (Å²) in [6.45, 7) is 2.01. The average molecular weight is 396 g/mol. The first-order valence-corrected chi connectivity index (χ1v) is 10.4. The Hall–Kier alpha value is -3.67. The van der Waals surface area contributed by atoms with Gasteiger partial charge < -0.3 is 10.2 Å². The van der Waals surface area contributed by atoms with Gasteiger partial charge in [-0.25, -0.2) is 9.67 Å². The number of nitrogens with one attached hydrogen (secondary N) is 1. The third kappa shape index (κ3) is 4.03. The van der Waals surface area contributed by atoms with Crippen molar-refractivity contribution in [1.29, 1.82) is 0 Å². The summed E-state index contributed by atoms with van der Waals surface area (Å²) < 4.78 is 1.79. The molecule has 2 aromatic carbocycles. The Morgan fingerprint density at radius 2 is 1.70 bits per heavy atom. The maximum Gasteiger partial charge on any atom is 0.246 e. The number of pyridine rings is 1. The first-order chi connectivity index (χ1) is 14.8. The fraction of sp³-hybridized carbons (Fsp3) is 0.208. The lowest BCUT2D eigenvalue weighted by Gasteiger charge is -2.34. The Bertz CT molecular complexity index is 1090. The molecule has 4 aromatic rings. The van der Waals surface area contributed by atoms with Crippen LogP contribution in [-0.4, -0.2) is 32.8 Å². The van der Waals surface area contributed by atoms with Crippen molar-refractivity contribution in [3.05, 3.63) is 90.9 Å². The highest BCUT2D eigenvalue weighted by atomic mass is 15.4. The van der Waals surface area contributed by atoms with Gasteiger partial charge >= 0.3 is 0 Å². The van der Waals surface area contributed by atoms with Gasteiger partial charge in [0, 0.05) is 37.0 Å². The normalized spacial score (nSPS) is 16.4. The molecule has 0 spiro atoms. The van der Waals surface area contributed by atoms with Crippen LogP contribution in [0.1, 0.15) is 24.3 Å². The fourth-order valence-electron chi connectivity index (χ4n) is 4.00. The zero-order valence-electron chi connectivity index (χ0n) is 16.7. The van der Waals surface area contributed by atoms with Crippen molar-refractivity contribution in [2.45, 2.75) is 18.8 Å².